The van der Waals surface area contributed by atoms with Gasteiger partial charge in [0.05, 0.1) is 0 Å². The van der Waals surface area contributed by atoms with E-state index in [4.69, 9.17) is 5.11 Å². The molecule has 0 heterocycles. The number of benzene rings is 1. The average molecular weight is 151 g/mol. The smallest absolute Gasteiger partial charge is 0.122 e. The number of rotatable bonds is 2. The molecule has 0 bridgehead atoms. The van der Waals surface area contributed by atoms with Crippen LogP contribution in [0.15, 0.2) is 18.2 Å². The van der Waals surface area contributed by atoms with Crippen molar-refractivity contribution >= 4 is 0 Å². The van der Waals surface area contributed by atoms with E-state index in [9.17, 15) is 5.11 Å². The van der Waals surface area contributed by atoms with E-state index in [1.165, 1.54) is 6.07 Å². The Kier molecular flexibility index (Phi) is 2.36. The van der Waals surface area contributed by atoms with E-state index in [-0.39, 0.29) is 11.5 Å². The summed E-state index contributed by atoms with van der Waals surface area (Å²) in [7, 11) is 0. The second-order valence-electron chi connectivity index (χ2n) is 2.42. The van der Waals surface area contributed by atoms with Gasteiger partial charge in [0, 0.05) is 6.07 Å². The molecule has 0 aromatic heterocycles. The highest BCUT2D eigenvalue weighted by molar-refractivity contribution is 5.38. The number of hydrogen-bond donors (Lipinski definition) is 2. The van der Waals surface area contributed by atoms with Crippen LogP contribution in [0.5, 0.6) is 11.5 Å². The summed E-state index contributed by atoms with van der Waals surface area (Å²) in [5, 5.41) is 18.2. The summed E-state index contributed by atoms with van der Waals surface area (Å²) in [4.78, 5) is 0. The number of hydrogen-bond acceptors (Lipinski definition) is 2. The topological polar surface area (TPSA) is 40.5 Å². The Bertz CT molecular complexity index is 243. The van der Waals surface area contributed by atoms with Gasteiger partial charge < -0.3 is 10.2 Å². The van der Waals surface area contributed by atoms with Gasteiger partial charge in [0.2, 0.25) is 0 Å². The van der Waals surface area contributed by atoms with E-state index in [2.05, 4.69) is 6.92 Å². The largest absolute Gasteiger partial charge is 0.508 e. The first-order valence-electron chi connectivity index (χ1n) is 3.54. The van der Waals surface area contributed by atoms with Gasteiger partial charge in [-0.25, -0.2) is 0 Å². The normalized spacial score (nSPS) is 9.91. The molecule has 0 aliphatic heterocycles. The van der Waals surface area contributed by atoms with Crippen molar-refractivity contribution in [2.75, 3.05) is 0 Å². The predicted octanol–water partition coefficient (Wildman–Crippen LogP) is 1.86. The van der Waals surface area contributed by atoms with Crippen LogP contribution in [0.1, 0.15) is 12.0 Å². The molecule has 0 spiro atoms. The van der Waals surface area contributed by atoms with Gasteiger partial charge in [-0.2, -0.15) is 0 Å². The zero-order valence-electron chi connectivity index (χ0n) is 6.25. The van der Waals surface area contributed by atoms with E-state index in [0.29, 0.717) is 0 Å². The molecule has 59 valence electrons. The fraction of sp³-hybridized carbons (Fsp3) is 0.222. The molecular formula is C9H11O2. The zero-order valence-corrected chi connectivity index (χ0v) is 6.25. The van der Waals surface area contributed by atoms with E-state index in [1.54, 1.807) is 12.1 Å². The van der Waals surface area contributed by atoms with Crippen LogP contribution < -0.4 is 0 Å². The average Bonchev–Trinajstić information content (AvgIpc) is 1.95. The maximum Gasteiger partial charge on any atom is 0.122 e. The quantitative estimate of drug-likeness (QED) is 0.677. The molecule has 2 heteroatoms. The summed E-state index contributed by atoms with van der Waals surface area (Å²) in [5.74, 6) is 0.240. The lowest BCUT2D eigenvalue weighted by Gasteiger charge is -2.01. The van der Waals surface area contributed by atoms with E-state index < -0.39 is 0 Å². The highest BCUT2D eigenvalue weighted by atomic mass is 16.3. The Morgan fingerprint density at radius 3 is 2.55 bits per heavy atom. The Morgan fingerprint density at radius 2 is 2.00 bits per heavy atom. The van der Waals surface area contributed by atoms with Crippen LogP contribution in [0.3, 0.4) is 0 Å². The van der Waals surface area contributed by atoms with Crippen molar-refractivity contribution < 1.29 is 10.2 Å². The van der Waals surface area contributed by atoms with Crippen LogP contribution in [-0.4, -0.2) is 10.2 Å². The maximum atomic E-state index is 9.23. The van der Waals surface area contributed by atoms with E-state index >= 15 is 0 Å². The third-order valence-electron chi connectivity index (χ3n) is 1.51. The van der Waals surface area contributed by atoms with Crippen LogP contribution in [0.25, 0.3) is 0 Å². The monoisotopic (exact) mass is 151 g/mol. The van der Waals surface area contributed by atoms with Gasteiger partial charge in [-0.15, -0.1) is 0 Å². The third kappa shape index (κ3) is 1.87. The van der Waals surface area contributed by atoms with Crippen LogP contribution in [-0.2, 0) is 6.42 Å². The molecule has 0 aliphatic rings. The van der Waals surface area contributed by atoms with Gasteiger partial charge in [0.15, 0.2) is 0 Å². The summed E-state index contributed by atoms with van der Waals surface area (Å²) in [6.45, 7) is 3.67. The Hall–Kier alpha value is -1.18. The molecule has 0 unspecified atom stereocenters. The molecule has 1 radical (unpaired) electrons. The SMILES string of the molecule is [CH2]CCc1ccc(O)cc1O. The van der Waals surface area contributed by atoms with Crippen molar-refractivity contribution in [3.8, 4) is 11.5 Å². The van der Waals surface area contributed by atoms with Crippen LogP contribution in [0, 0.1) is 6.92 Å². The van der Waals surface area contributed by atoms with Crippen LogP contribution >= 0.6 is 0 Å². The van der Waals surface area contributed by atoms with Gasteiger partial charge in [-0.05, 0) is 24.5 Å². The number of aromatic hydroxyl groups is 2. The molecule has 1 aromatic rings. The van der Waals surface area contributed by atoms with Gasteiger partial charge in [-0.3, -0.25) is 0 Å². The number of phenolic OH excluding ortho intramolecular Hbond substituents is 2. The molecule has 0 saturated carbocycles. The summed E-state index contributed by atoms with van der Waals surface area (Å²) < 4.78 is 0. The molecule has 1 rings (SSSR count). The molecule has 11 heavy (non-hydrogen) atoms. The highest BCUT2D eigenvalue weighted by Gasteiger charge is 1.99. The molecule has 0 atom stereocenters. The van der Waals surface area contributed by atoms with Crippen molar-refractivity contribution in [1.29, 1.82) is 0 Å². The van der Waals surface area contributed by atoms with Crippen molar-refractivity contribution in [3.05, 3.63) is 30.7 Å². The first-order chi connectivity index (χ1) is 5.24. The number of phenols is 2. The first kappa shape index (κ1) is 7.92. The molecule has 2 nitrogen and oxygen atoms in total. The molecule has 0 aliphatic carbocycles. The predicted molar refractivity (Wildman–Crippen MR) is 43.4 cm³/mol. The van der Waals surface area contributed by atoms with Gasteiger partial charge in [0.25, 0.3) is 0 Å². The Balaban J connectivity index is 2.90. The Labute approximate surface area is 66.1 Å². The molecule has 0 saturated heterocycles. The summed E-state index contributed by atoms with van der Waals surface area (Å²) >= 11 is 0. The maximum absolute atomic E-state index is 9.23. The van der Waals surface area contributed by atoms with Gasteiger partial charge in [-0.1, -0.05) is 13.0 Å². The molecular weight excluding hydrogens is 140 g/mol. The second kappa shape index (κ2) is 3.28. The van der Waals surface area contributed by atoms with Crippen molar-refractivity contribution in [2.45, 2.75) is 12.8 Å². The molecule has 2 N–H and O–H groups in total. The minimum Gasteiger partial charge on any atom is -0.508 e. The van der Waals surface area contributed by atoms with Crippen molar-refractivity contribution in [3.63, 3.8) is 0 Å². The summed E-state index contributed by atoms with van der Waals surface area (Å²) in [5.41, 5.74) is 0.831. The van der Waals surface area contributed by atoms with Gasteiger partial charge in [0.1, 0.15) is 11.5 Å². The zero-order chi connectivity index (χ0) is 8.27. The first-order valence-corrected chi connectivity index (χ1v) is 3.54. The number of aryl methyl sites for hydroxylation is 1. The lowest BCUT2D eigenvalue weighted by molar-refractivity contribution is 0.446. The van der Waals surface area contributed by atoms with Gasteiger partial charge >= 0.3 is 0 Å². The second-order valence-corrected chi connectivity index (χ2v) is 2.42. The standard InChI is InChI=1S/C9H11O2/c1-2-3-7-4-5-8(10)6-9(7)11/h4-6,10-11H,1-3H2. The Morgan fingerprint density at radius 1 is 1.27 bits per heavy atom. The third-order valence-corrected chi connectivity index (χ3v) is 1.51. The molecule has 1 aromatic carbocycles. The summed E-state index contributed by atoms with van der Waals surface area (Å²) in [6, 6.07) is 4.60. The minimum absolute atomic E-state index is 0.0929. The van der Waals surface area contributed by atoms with E-state index in [1.807, 2.05) is 0 Å². The summed E-state index contributed by atoms with van der Waals surface area (Å²) in [6.07, 6.45) is 1.49. The van der Waals surface area contributed by atoms with E-state index in [0.717, 1.165) is 18.4 Å². The van der Waals surface area contributed by atoms with Crippen molar-refractivity contribution in [2.24, 2.45) is 0 Å². The molecule has 0 fully saturated rings. The lowest BCUT2D eigenvalue weighted by atomic mass is 10.1. The highest BCUT2D eigenvalue weighted by Crippen LogP contribution is 2.23. The minimum atomic E-state index is 0.0929. The lowest BCUT2D eigenvalue weighted by Crippen LogP contribution is -1.82. The molecule has 0 amide bonds. The fourth-order valence-corrected chi connectivity index (χ4v) is 0.954. The van der Waals surface area contributed by atoms with Crippen LogP contribution in [0.2, 0.25) is 0 Å². The van der Waals surface area contributed by atoms with Crippen LogP contribution in [0.4, 0.5) is 0 Å². The fourth-order valence-electron chi connectivity index (χ4n) is 0.954. The van der Waals surface area contributed by atoms with Crippen molar-refractivity contribution in [1.82, 2.24) is 0 Å².